The van der Waals surface area contributed by atoms with E-state index in [1.165, 1.54) is 128 Å². The normalized spacial score (nSPS) is 16.6. The lowest BCUT2D eigenvalue weighted by atomic mass is 9.33. The van der Waals surface area contributed by atoms with Crippen molar-refractivity contribution in [1.82, 2.24) is 0 Å². The molecule has 0 saturated carbocycles. The Hall–Kier alpha value is -7.10. The summed E-state index contributed by atoms with van der Waals surface area (Å²) in [6, 6.07) is 65.6. The smallest absolute Gasteiger partial charge is 0.252 e. The second-order valence-corrected chi connectivity index (χ2v) is 24.0. The molecule has 0 fully saturated rings. The van der Waals surface area contributed by atoms with E-state index in [2.05, 4.69) is 255 Å². The average Bonchev–Trinajstić information content (AvgIpc) is 3.75. The minimum absolute atomic E-state index is 0.0194. The summed E-state index contributed by atoms with van der Waals surface area (Å²) < 4.78 is 0. The van der Waals surface area contributed by atoms with Gasteiger partial charge in [-0.05, 0) is 167 Å². The molecule has 2 heterocycles. The maximum atomic E-state index is 2.57. The highest BCUT2D eigenvalue weighted by Crippen LogP contribution is 2.56. The molecule has 0 amide bonds. The van der Waals surface area contributed by atoms with Crippen molar-refractivity contribution < 1.29 is 0 Å². The van der Waals surface area contributed by atoms with Gasteiger partial charge in [0.15, 0.2) is 0 Å². The molecule has 13 rings (SSSR count). The molecule has 8 aromatic carbocycles. The molecule has 0 spiro atoms. The van der Waals surface area contributed by atoms with Gasteiger partial charge >= 0.3 is 0 Å². The lowest BCUT2D eigenvalue weighted by Crippen LogP contribution is -2.61. The molecule has 3 heteroatoms. The SMILES string of the molecule is CC(C)(C)c1ccc2c(c1)B1c3ccc(C(C)(C)C)cc3N(c3ccc(-c4cccc5c4C(C)(C)c4ccccc4-5)cc3)c3cccc(c31)N2c1ccc(C2=CCCC3=C2C(C)(C)c2ccccc23)cc1. The zero-order valence-electron chi connectivity index (χ0n) is 43.1. The van der Waals surface area contributed by atoms with Crippen molar-refractivity contribution in [1.29, 1.82) is 0 Å². The highest BCUT2D eigenvalue weighted by atomic mass is 15.2. The fourth-order valence-corrected chi connectivity index (χ4v) is 13.5. The first-order valence-corrected chi connectivity index (χ1v) is 26.0. The van der Waals surface area contributed by atoms with Crippen molar-refractivity contribution >= 4 is 68.4 Å². The molecule has 348 valence electrons. The van der Waals surface area contributed by atoms with Crippen LogP contribution < -0.4 is 26.2 Å². The van der Waals surface area contributed by atoms with Gasteiger partial charge < -0.3 is 9.80 Å². The van der Waals surface area contributed by atoms with Crippen LogP contribution in [0.4, 0.5) is 34.1 Å². The van der Waals surface area contributed by atoms with Gasteiger partial charge in [-0.1, -0.05) is 197 Å². The molecule has 0 radical (unpaired) electrons. The van der Waals surface area contributed by atoms with E-state index in [1.54, 1.807) is 0 Å². The van der Waals surface area contributed by atoms with E-state index in [0.717, 1.165) is 12.8 Å². The molecule has 0 bridgehead atoms. The zero-order valence-corrected chi connectivity index (χ0v) is 43.1. The van der Waals surface area contributed by atoms with Gasteiger partial charge in [0.25, 0.3) is 6.71 Å². The molecule has 8 aromatic rings. The quantitative estimate of drug-likeness (QED) is 0.162. The number of hydrogen-bond acceptors (Lipinski definition) is 2. The Morgan fingerprint density at radius 1 is 0.451 bits per heavy atom. The average molecular weight is 919 g/mol. The van der Waals surface area contributed by atoms with Crippen LogP contribution in [0.3, 0.4) is 0 Å². The van der Waals surface area contributed by atoms with Crippen LogP contribution >= 0.6 is 0 Å². The first-order chi connectivity index (χ1) is 34.0. The minimum atomic E-state index is -0.0997. The Kier molecular flexibility index (Phi) is 9.40. The topological polar surface area (TPSA) is 6.48 Å². The molecule has 2 nitrogen and oxygen atoms in total. The zero-order chi connectivity index (χ0) is 48.9. The lowest BCUT2D eigenvalue weighted by molar-refractivity contribution is 0.590. The molecule has 0 N–H and O–H groups in total. The fourth-order valence-electron chi connectivity index (χ4n) is 13.5. The molecule has 71 heavy (non-hydrogen) atoms. The van der Waals surface area contributed by atoms with Gasteiger partial charge in [-0.25, -0.2) is 0 Å². The van der Waals surface area contributed by atoms with Crippen LogP contribution in [0.1, 0.15) is 121 Å². The maximum Gasteiger partial charge on any atom is 0.252 e. The predicted molar refractivity (Wildman–Crippen MR) is 304 cm³/mol. The van der Waals surface area contributed by atoms with Gasteiger partial charge in [0.2, 0.25) is 0 Å². The first-order valence-electron chi connectivity index (χ1n) is 26.0. The van der Waals surface area contributed by atoms with E-state index in [0.29, 0.717) is 0 Å². The monoisotopic (exact) mass is 919 g/mol. The van der Waals surface area contributed by atoms with Crippen LogP contribution in [0.15, 0.2) is 182 Å². The Labute approximate surface area is 422 Å². The number of nitrogens with zero attached hydrogens (tertiary/aromatic N) is 2. The Balaban J connectivity index is 0.966. The van der Waals surface area contributed by atoms with Crippen LogP contribution in [0.25, 0.3) is 33.4 Å². The van der Waals surface area contributed by atoms with Crippen molar-refractivity contribution in [3.63, 3.8) is 0 Å². The summed E-state index contributed by atoms with van der Waals surface area (Å²) in [5, 5.41) is 0. The fraction of sp³-hybridized carbons (Fsp3) is 0.235. The summed E-state index contributed by atoms with van der Waals surface area (Å²) in [6.07, 6.45) is 4.66. The van der Waals surface area contributed by atoms with Crippen LogP contribution in [0.2, 0.25) is 0 Å². The van der Waals surface area contributed by atoms with E-state index in [-0.39, 0.29) is 28.4 Å². The summed E-state index contributed by atoms with van der Waals surface area (Å²) >= 11 is 0. The van der Waals surface area contributed by atoms with Crippen molar-refractivity contribution in [3.8, 4) is 22.3 Å². The largest absolute Gasteiger partial charge is 0.311 e. The molecule has 5 aliphatic rings. The number of fused-ring (bicyclic) bond motifs is 9. The molecule has 0 aromatic heterocycles. The summed E-state index contributed by atoms with van der Waals surface area (Å²) in [5.41, 5.74) is 30.6. The minimum Gasteiger partial charge on any atom is -0.311 e. The first kappa shape index (κ1) is 43.9. The number of hydrogen-bond donors (Lipinski definition) is 0. The number of anilines is 6. The van der Waals surface area contributed by atoms with Crippen LogP contribution in [0.5, 0.6) is 0 Å². The van der Waals surface area contributed by atoms with Crippen molar-refractivity contribution in [2.24, 2.45) is 0 Å². The van der Waals surface area contributed by atoms with Gasteiger partial charge in [-0.15, -0.1) is 0 Å². The predicted octanol–water partition coefficient (Wildman–Crippen LogP) is 16.3. The number of benzene rings is 8. The third-order valence-electron chi connectivity index (χ3n) is 17.0. The van der Waals surface area contributed by atoms with Gasteiger partial charge in [0.1, 0.15) is 0 Å². The highest BCUT2D eigenvalue weighted by Gasteiger charge is 2.45. The Bertz CT molecular complexity index is 3600. The number of rotatable bonds is 4. The highest BCUT2D eigenvalue weighted by molar-refractivity contribution is 7.00. The molecular weight excluding hydrogens is 856 g/mol. The van der Waals surface area contributed by atoms with Gasteiger partial charge in [-0.2, -0.15) is 0 Å². The molecular formula is C68H63BN2. The number of allylic oxidation sites excluding steroid dienone is 4. The van der Waals surface area contributed by atoms with E-state index in [4.69, 9.17) is 0 Å². The second-order valence-electron chi connectivity index (χ2n) is 24.0. The van der Waals surface area contributed by atoms with Gasteiger partial charge in [0.05, 0.1) is 0 Å². The molecule has 2 aliphatic heterocycles. The van der Waals surface area contributed by atoms with E-state index in [9.17, 15) is 0 Å². The standard InChI is InChI=1S/C68H63BN2/c1-65(2,3)44-33-39-58-57(40-44)69-56-38-32-45(66(4,5)6)41-61(56)71(47-36-30-43(31-37-47)49-21-16-23-53-51-19-12-14-25-55(51)68(9,10)63(49)53)60-27-17-26-59(64(60)69)70(58)46-34-28-42(29-35-46)48-20-15-22-52-50-18-11-13-24-54(50)67(7,8)62(48)52/h11-14,16-21,23-41H,15,22H2,1-10H3. The van der Waals surface area contributed by atoms with Gasteiger partial charge in [0, 0.05) is 45.0 Å². The van der Waals surface area contributed by atoms with E-state index in [1.807, 2.05) is 0 Å². The Morgan fingerprint density at radius 2 is 1.00 bits per heavy atom. The maximum absolute atomic E-state index is 2.57. The molecule has 0 saturated heterocycles. The second kappa shape index (κ2) is 15.2. The van der Waals surface area contributed by atoms with Crippen molar-refractivity contribution in [2.75, 3.05) is 9.80 Å². The summed E-state index contributed by atoms with van der Waals surface area (Å²) in [6.45, 7) is 23.7. The third kappa shape index (κ3) is 6.40. The third-order valence-corrected chi connectivity index (χ3v) is 17.0. The van der Waals surface area contributed by atoms with Crippen LogP contribution in [-0.2, 0) is 21.7 Å². The van der Waals surface area contributed by atoms with Crippen molar-refractivity contribution in [2.45, 2.75) is 104 Å². The molecule has 0 atom stereocenters. The van der Waals surface area contributed by atoms with Crippen molar-refractivity contribution in [3.05, 3.63) is 220 Å². The summed E-state index contributed by atoms with van der Waals surface area (Å²) in [7, 11) is 0. The summed E-state index contributed by atoms with van der Waals surface area (Å²) in [5.74, 6) is 0. The molecule has 0 unspecified atom stereocenters. The van der Waals surface area contributed by atoms with Crippen LogP contribution in [0, 0.1) is 0 Å². The molecule has 3 aliphatic carbocycles. The van der Waals surface area contributed by atoms with E-state index < -0.39 is 0 Å². The summed E-state index contributed by atoms with van der Waals surface area (Å²) in [4.78, 5) is 5.13. The van der Waals surface area contributed by atoms with Crippen LogP contribution in [-0.4, -0.2) is 6.71 Å². The van der Waals surface area contributed by atoms with Gasteiger partial charge in [-0.3, -0.25) is 0 Å². The Morgan fingerprint density at radius 3 is 1.68 bits per heavy atom. The lowest BCUT2D eigenvalue weighted by Gasteiger charge is -2.45. The van der Waals surface area contributed by atoms with E-state index >= 15 is 0 Å².